The highest BCUT2D eigenvalue weighted by atomic mass is 16.6. The lowest BCUT2D eigenvalue weighted by Crippen LogP contribution is -2.17. The summed E-state index contributed by atoms with van der Waals surface area (Å²) in [6.07, 6.45) is 2.46. The van der Waals surface area contributed by atoms with E-state index in [0.717, 1.165) is 11.1 Å². The van der Waals surface area contributed by atoms with Gasteiger partial charge in [-0.15, -0.1) is 0 Å². The van der Waals surface area contributed by atoms with E-state index in [0.29, 0.717) is 18.3 Å². The topological polar surface area (TPSA) is 35.5 Å². The molecule has 0 heterocycles. The first-order valence-electron chi connectivity index (χ1n) is 6.01. The van der Waals surface area contributed by atoms with E-state index in [1.807, 2.05) is 26.0 Å². The molecule has 0 unspecified atom stereocenters. The van der Waals surface area contributed by atoms with Crippen LogP contribution in [0.25, 0.3) is 0 Å². The van der Waals surface area contributed by atoms with Gasteiger partial charge in [-0.1, -0.05) is 12.1 Å². The highest BCUT2D eigenvalue weighted by Gasteiger charge is 2.21. The number of hydrogen-bond donors (Lipinski definition) is 0. The summed E-state index contributed by atoms with van der Waals surface area (Å²) in [5.74, 6) is 0.980. The van der Waals surface area contributed by atoms with E-state index in [1.54, 1.807) is 6.07 Å². The van der Waals surface area contributed by atoms with Crippen LogP contribution in [0.5, 0.6) is 5.75 Å². The lowest BCUT2D eigenvalue weighted by molar-refractivity contribution is -0.139. The third-order valence-electron chi connectivity index (χ3n) is 3.05. The summed E-state index contributed by atoms with van der Waals surface area (Å²) in [5.41, 5.74) is 2.12. The van der Waals surface area contributed by atoms with Gasteiger partial charge in [0, 0.05) is 0 Å². The highest BCUT2D eigenvalue weighted by Crippen LogP contribution is 2.28. The first-order valence-corrected chi connectivity index (χ1v) is 6.01. The molecule has 0 saturated heterocycles. The fourth-order valence-electron chi connectivity index (χ4n) is 1.58. The quantitative estimate of drug-likeness (QED) is 0.580. The molecule has 0 aromatic heterocycles. The zero-order valence-electron chi connectivity index (χ0n) is 10.4. The van der Waals surface area contributed by atoms with Gasteiger partial charge in [0.2, 0.25) is 0 Å². The molecule has 0 atom stereocenters. The van der Waals surface area contributed by atoms with Crippen molar-refractivity contribution in [3.8, 4) is 5.75 Å². The van der Waals surface area contributed by atoms with Crippen molar-refractivity contribution in [2.45, 2.75) is 26.7 Å². The predicted molar refractivity (Wildman–Crippen MR) is 65.1 cm³/mol. The maximum Gasteiger partial charge on any atom is 0.337 e. The molecule has 0 bridgehead atoms. The summed E-state index contributed by atoms with van der Waals surface area (Å²) in [4.78, 5) is 11.5. The molecular weight excluding hydrogens is 216 g/mol. The van der Waals surface area contributed by atoms with Gasteiger partial charge in [-0.2, -0.15) is 0 Å². The van der Waals surface area contributed by atoms with Gasteiger partial charge >= 0.3 is 5.97 Å². The maximum atomic E-state index is 11.5. The standard InChI is InChI=1S/C14H18O3/c1-10-4-3-5-13(11(10)2)17-14(15)9-16-8-12-6-7-12/h3-5,12H,6-9H2,1-2H3. The molecule has 3 heteroatoms. The Morgan fingerprint density at radius 2 is 2.12 bits per heavy atom. The monoisotopic (exact) mass is 234 g/mol. The Bertz CT molecular complexity index is 408. The van der Waals surface area contributed by atoms with E-state index < -0.39 is 0 Å². The van der Waals surface area contributed by atoms with Gasteiger partial charge in [0.1, 0.15) is 12.4 Å². The Morgan fingerprint density at radius 3 is 2.82 bits per heavy atom. The number of benzene rings is 1. The fraction of sp³-hybridized carbons (Fsp3) is 0.500. The average Bonchev–Trinajstić information content (AvgIpc) is 3.09. The van der Waals surface area contributed by atoms with Gasteiger partial charge in [0.25, 0.3) is 0 Å². The molecule has 17 heavy (non-hydrogen) atoms. The molecule has 1 aliphatic carbocycles. The van der Waals surface area contributed by atoms with E-state index in [2.05, 4.69) is 0 Å². The number of rotatable bonds is 5. The second kappa shape index (κ2) is 5.32. The molecule has 1 aromatic rings. The summed E-state index contributed by atoms with van der Waals surface area (Å²) >= 11 is 0. The Hall–Kier alpha value is -1.35. The van der Waals surface area contributed by atoms with Gasteiger partial charge < -0.3 is 9.47 Å². The van der Waals surface area contributed by atoms with Crippen LogP contribution >= 0.6 is 0 Å². The molecule has 2 rings (SSSR count). The zero-order chi connectivity index (χ0) is 12.3. The second-order valence-corrected chi connectivity index (χ2v) is 4.63. The molecule has 0 aliphatic heterocycles. The van der Waals surface area contributed by atoms with E-state index in [4.69, 9.17) is 9.47 Å². The van der Waals surface area contributed by atoms with E-state index >= 15 is 0 Å². The first kappa shape index (κ1) is 12.1. The van der Waals surface area contributed by atoms with E-state index in [-0.39, 0.29) is 12.6 Å². The smallest absolute Gasteiger partial charge is 0.337 e. The zero-order valence-corrected chi connectivity index (χ0v) is 10.4. The molecule has 1 fully saturated rings. The number of carbonyl (C=O) groups excluding carboxylic acids is 1. The molecule has 0 amide bonds. The summed E-state index contributed by atoms with van der Waals surface area (Å²) in [7, 11) is 0. The Morgan fingerprint density at radius 1 is 1.35 bits per heavy atom. The van der Waals surface area contributed by atoms with Gasteiger partial charge in [0.05, 0.1) is 6.61 Å². The van der Waals surface area contributed by atoms with Gasteiger partial charge in [-0.3, -0.25) is 0 Å². The van der Waals surface area contributed by atoms with E-state index in [9.17, 15) is 4.79 Å². The summed E-state index contributed by atoms with van der Waals surface area (Å²) < 4.78 is 10.6. The number of aryl methyl sites for hydroxylation is 1. The van der Waals surface area contributed by atoms with Crippen molar-refractivity contribution in [1.82, 2.24) is 0 Å². The SMILES string of the molecule is Cc1cccc(OC(=O)COCC2CC2)c1C. The van der Waals surface area contributed by atoms with Crippen LogP contribution in [0, 0.1) is 19.8 Å². The molecule has 92 valence electrons. The third kappa shape index (κ3) is 3.56. The molecule has 0 radical (unpaired) electrons. The molecule has 0 N–H and O–H groups in total. The average molecular weight is 234 g/mol. The lowest BCUT2D eigenvalue weighted by atomic mass is 10.1. The van der Waals surface area contributed by atoms with Gasteiger partial charge in [-0.05, 0) is 49.8 Å². The number of hydrogen-bond acceptors (Lipinski definition) is 3. The summed E-state index contributed by atoms with van der Waals surface area (Å²) in [6, 6.07) is 5.69. The second-order valence-electron chi connectivity index (χ2n) is 4.63. The van der Waals surface area contributed by atoms with Crippen LogP contribution in [0.4, 0.5) is 0 Å². The number of carbonyl (C=O) groups is 1. The Kier molecular flexibility index (Phi) is 3.79. The molecule has 1 aliphatic rings. The largest absolute Gasteiger partial charge is 0.425 e. The summed E-state index contributed by atoms with van der Waals surface area (Å²) in [6.45, 7) is 4.67. The highest BCUT2D eigenvalue weighted by molar-refractivity contribution is 5.74. The normalized spacial score (nSPS) is 14.7. The van der Waals surface area contributed by atoms with Crippen molar-refractivity contribution in [3.05, 3.63) is 29.3 Å². The molecule has 3 nitrogen and oxygen atoms in total. The van der Waals surface area contributed by atoms with Crippen molar-refractivity contribution in [2.75, 3.05) is 13.2 Å². The van der Waals surface area contributed by atoms with Gasteiger partial charge in [0.15, 0.2) is 0 Å². The number of esters is 1. The molecule has 1 aromatic carbocycles. The van der Waals surface area contributed by atoms with Crippen LogP contribution in [0.1, 0.15) is 24.0 Å². The molecule has 0 spiro atoms. The maximum absolute atomic E-state index is 11.5. The van der Waals surface area contributed by atoms with Crippen LogP contribution in [0.2, 0.25) is 0 Å². The minimum Gasteiger partial charge on any atom is -0.425 e. The third-order valence-corrected chi connectivity index (χ3v) is 3.05. The van der Waals surface area contributed by atoms with Crippen molar-refractivity contribution < 1.29 is 14.3 Å². The Balaban J connectivity index is 1.82. The molecule has 1 saturated carbocycles. The minimum atomic E-state index is -0.320. The number of ether oxygens (including phenoxy) is 2. The van der Waals surface area contributed by atoms with Crippen LogP contribution in [0.3, 0.4) is 0 Å². The van der Waals surface area contributed by atoms with Crippen molar-refractivity contribution in [2.24, 2.45) is 5.92 Å². The van der Waals surface area contributed by atoms with Crippen LogP contribution in [-0.2, 0) is 9.53 Å². The van der Waals surface area contributed by atoms with Crippen LogP contribution in [-0.4, -0.2) is 19.2 Å². The predicted octanol–water partition coefficient (Wildman–Crippen LogP) is 2.64. The van der Waals surface area contributed by atoms with Crippen LogP contribution < -0.4 is 4.74 Å². The van der Waals surface area contributed by atoms with Crippen molar-refractivity contribution in [1.29, 1.82) is 0 Å². The molecular formula is C14H18O3. The fourth-order valence-corrected chi connectivity index (χ4v) is 1.58. The lowest BCUT2D eigenvalue weighted by Gasteiger charge is -2.09. The first-order chi connectivity index (χ1) is 8.16. The Labute approximate surface area is 102 Å². The minimum absolute atomic E-state index is 0.0455. The van der Waals surface area contributed by atoms with Crippen LogP contribution in [0.15, 0.2) is 18.2 Å². The van der Waals surface area contributed by atoms with E-state index in [1.165, 1.54) is 12.8 Å². The van der Waals surface area contributed by atoms with Crippen molar-refractivity contribution in [3.63, 3.8) is 0 Å². The van der Waals surface area contributed by atoms with Crippen molar-refractivity contribution >= 4 is 5.97 Å². The van der Waals surface area contributed by atoms with Gasteiger partial charge in [-0.25, -0.2) is 4.79 Å². The summed E-state index contributed by atoms with van der Waals surface area (Å²) in [5, 5.41) is 0.